The highest BCUT2D eigenvalue weighted by atomic mass is 16.5. The van der Waals surface area contributed by atoms with Crippen molar-refractivity contribution in [3.05, 3.63) is 48.0 Å². The minimum absolute atomic E-state index is 0.0193. The first-order valence-electron chi connectivity index (χ1n) is 6.15. The van der Waals surface area contributed by atoms with Gasteiger partial charge < -0.3 is 4.74 Å². The molecular formula is C15H14O2. The maximum atomic E-state index is 12.2. The number of rotatable bonds is 1. The molecule has 2 heteroatoms. The van der Waals surface area contributed by atoms with Crippen LogP contribution in [0.3, 0.4) is 0 Å². The quantitative estimate of drug-likeness (QED) is 0.542. The Hall–Kier alpha value is -1.57. The van der Waals surface area contributed by atoms with E-state index in [0.717, 1.165) is 5.56 Å². The molecule has 2 nitrogen and oxygen atoms in total. The van der Waals surface area contributed by atoms with Crippen LogP contribution in [0, 0.1) is 17.3 Å². The molecule has 1 saturated carbocycles. The van der Waals surface area contributed by atoms with Crippen molar-refractivity contribution in [2.75, 3.05) is 6.61 Å². The fourth-order valence-corrected chi connectivity index (χ4v) is 4.21. The average molecular weight is 226 g/mol. The van der Waals surface area contributed by atoms with Crippen LogP contribution in [0.15, 0.2) is 42.5 Å². The lowest BCUT2D eigenvalue weighted by Gasteiger charge is -2.18. The third-order valence-electron chi connectivity index (χ3n) is 5.07. The number of allylic oxidation sites excluding steroid dienone is 2. The molecule has 0 amide bonds. The molecule has 4 rings (SSSR count). The lowest BCUT2D eigenvalue weighted by molar-refractivity contribution is -0.142. The van der Waals surface area contributed by atoms with Gasteiger partial charge in [0.2, 0.25) is 0 Å². The minimum Gasteiger partial charge on any atom is -0.464 e. The van der Waals surface area contributed by atoms with E-state index in [-0.39, 0.29) is 16.8 Å². The van der Waals surface area contributed by atoms with Gasteiger partial charge in [-0.25, -0.2) is 0 Å². The molecule has 1 aliphatic heterocycles. The van der Waals surface area contributed by atoms with Crippen molar-refractivity contribution in [3.8, 4) is 0 Å². The second-order valence-corrected chi connectivity index (χ2v) is 5.44. The van der Waals surface area contributed by atoms with Crippen LogP contribution in [0.4, 0.5) is 0 Å². The van der Waals surface area contributed by atoms with E-state index in [9.17, 15) is 4.79 Å². The van der Waals surface area contributed by atoms with E-state index in [1.807, 2.05) is 18.2 Å². The normalized spacial score (nSPS) is 45.4. The molecule has 1 aromatic rings. The maximum absolute atomic E-state index is 12.2. The Morgan fingerprint density at radius 2 is 2.00 bits per heavy atom. The van der Waals surface area contributed by atoms with E-state index in [1.54, 1.807) is 0 Å². The Morgan fingerprint density at radius 1 is 1.24 bits per heavy atom. The molecule has 1 saturated heterocycles. The van der Waals surface area contributed by atoms with Crippen LogP contribution in [0.25, 0.3) is 0 Å². The van der Waals surface area contributed by atoms with Crippen molar-refractivity contribution in [1.29, 1.82) is 0 Å². The fourth-order valence-electron chi connectivity index (χ4n) is 4.21. The SMILES string of the molecule is C[C@H]1C=C[C@@H]2[C@]13COC(=O)[C@@]23c1ccccc1. The second-order valence-electron chi connectivity index (χ2n) is 5.44. The molecule has 1 heterocycles. The monoisotopic (exact) mass is 226 g/mol. The number of carbonyl (C=O) groups is 1. The maximum Gasteiger partial charge on any atom is 0.317 e. The molecule has 2 aliphatic carbocycles. The van der Waals surface area contributed by atoms with Gasteiger partial charge in [-0.3, -0.25) is 4.79 Å². The number of hydrogen-bond acceptors (Lipinski definition) is 2. The molecule has 0 unspecified atom stereocenters. The molecule has 2 fully saturated rings. The number of ether oxygens (including phenoxy) is 1. The van der Waals surface area contributed by atoms with Gasteiger partial charge >= 0.3 is 5.97 Å². The predicted octanol–water partition coefficient (Wildman–Crippen LogP) is 2.30. The first-order valence-corrected chi connectivity index (χ1v) is 6.15. The lowest BCUT2D eigenvalue weighted by Crippen LogP contribution is -2.25. The number of esters is 1. The number of fused-ring (bicyclic) bond motifs is 1. The summed E-state index contributed by atoms with van der Waals surface area (Å²) in [5, 5.41) is 0. The Kier molecular flexibility index (Phi) is 1.47. The van der Waals surface area contributed by atoms with Gasteiger partial charge in [-0.2, -0.15) is 0 Å². The molecule has 0 bridgehead atoms. The Labute approximate surface area is 100 Å². The van der Waals surface area contributed by atoms with Crippen LogP contribution in [-0.4, -0.2) is 12.6 Å². The van der Waals surface area contributed by atoms with Crippen molar-refractivity contribution in [2.45, 2.75) is 12.3 Å². The highest BCUT2D eigenvalue weighted by Gasteiger charge is 2.87. The van der Waals surface area contributed by atoms with E-state index in [1.165, 1.54) is 0 Å². The standard InChI is InChI=1S/C15H14O2/c1-10-7-8-12-14(10)9-17-13(16)15(12,14)11-5-3-2-4-6-11/h2-8,10,12H,9H2,1H3/t10-,12+,14-,15+/m0/s1. The molecule has 0 radical (unpaired) electrons. The number of carbonyl (C=O) groups excluding carboxylic acids is 1. The smallest absolute Gasteiger partial charge is 0.317 e. The van der Waals surface area contributed by atoms with Gasteiger partial charge in [-0.15, -0.1) is 0 Å². The van der Waals surface area contributed by atoms with Gasteiger partial charge in [-0.1, -0.05) is 49.4 Å². The molecule has 1 spiro atoms. The van der Waals surface area contributed by atoms with Crippen molar-refractivity contribution in [3.63, 3.8) is 0 Å². The van der Waals surface area contributed by atoms with E-state index in [2.05, 4.69) is 31.2 Å². The van der Waals surface area contributed by atoms with E-state index < -0.39 is 0 Å². The lowest BCUT2D eigenvalue weighted by atomic mass is 9.80. The molecule has 86 valence electrons. The fraction of sp³-hybridized carbons (Fsp3) is 0.400. The summed E-state index contributed by atoms with van der Waals surface area (Å²) in [4.78, 5) is 12.2. The molecule has 0 N–H and O–H groups in total. The highest BCUT2D eigenvalue weighted by Crippen LogP contribution is 2.79. The first kappa shape index (κ1) is 9.46. The summed E-state index contributed by atoms with van der Waals surface area (Å²) in [6.07, 6.45) is 4.45. The van der Waals surface area contributed by atoms with Crippen molar-refractivity contribution >= 4 is 5.97 Å². The average Bonchev–Trinajstić information content (AvgIpc) is 2.63. The van der Waals surface area contributed by atoms with E-state index in [4.69, 9.17) is 4.74 Å². The van der Waals surface area contributed by atoms with Crippen LogP contribution in [0.5, 0.6) is 0 Å². The summed E-state index contributed by atoms with van der Waals surface area (Å²) in [5.74, 6) is 0.762. The summed E-state index contributed by atoms with van der Waals surface area (Å²) in [6.45, 7) is 2.78. The third-order valence-corrected chi connectivity index (χ3v) is 5.07. The van der Waals surface area contributed by atoms with Gasteiger partial charge in [-0.05, 0) is 11.5 Å². The number of benzene rings is 1. The van der Waals surface area contributed by atoms with Gasteiger partial charge in [0.25, 0.3) is 0 Å². The zero-order valence-corrected chi connectivity index (χ0v) is 9.72. The zero-order chi connectivity index (χ0) is 11.7. The predicted molar refractivity (Wildman–Crippen MR) is 63.3 cm³/mol. The van der Waals surface area contributed by atoms with Crippen LogP contribution in [0.1, 0.15) is 12.5 Å². The molecule has 3 aliphatic rings. The van der Waals surface area contributed by atoms with Gasteiger partial charge in [0.1, 0.15) is 5.41 Å². The van der Waals surface area contributed by atoms with E-state index in [0.29, 0.717) is 18.4 Å². The van der Waals surface area contributed by atoms with Crippen LogP contribution < -0.4 is 0 Å². The summed E-state index contributed by atoms with van der Waals surface area (Å²) in [7, 11) is 0. The topological polar surface area (TPSA) is 26.3 Å². The van der Waals surface area contributed by atoms with Crippen molar-refractivity contribution < 1.29 is 9.53 Å². The highest BCUT2D eigenvalue weighted by molar-refractivity contribution is 5.94. The molecule has 1 aromatic carbocycles. The van der Waals surface area contributed by atoms with Crippen LogP contribution in [-0.2, 0) is 14.9 Å². The van der Waals surface area contributed by atoms with Crippen molar-refractivity contribution in [2.24, 2.45) is 17.3 Å². The number of cyclic esters (lactones) is 1. The van der Waals surface area contributed by atoms with Gasteiger partial charge in [0, 0.05) is 11.3 Å². The molecule has 0 aromatic heterocycles. The molecule has 17 heavy (non-hydrogen) atoms. The zero-order valence-electron chi connectivity index (χ0n) is 9.72. The van der Waals surface area contributed by atoms with Gasteiger partial charge in [0.05, 0.1) is 6.61 Å². The Morgan fingerprint density at radius 3 is 2.71 bits per heavy atom. The first-order chi connectivity index (χ1) is 8.24. The largest absolute Gasteiger partial charge is 0.464 e. The van der Waals surface area contributed by atoms with Crippen LogP contribution in [0.2, 0.25) is 0 Å². The molecular weight excluding hydrogens is 212 g/mol. The number of hydrogen-bond donors (Lipinski definition) is 0. The van der Waals surface area contributed by atoms with Crippen LogP contribution >= 0.6 is 0 Å². The van der Waals surface area contributed by atoms with Gasteiger partial charge in [0.15, 0.2) is 0 Å². The van der Waals surface area contributed by atoms with Crippen molar-refractivity contribution in [1.82, 2.24) is 0 Å². The summed E-state index contributed by atoms with van der Waals surface area (Å²) < 4.78 is 5.37. The summed E-state index contributed by atoms with van der Waals surface area (Å²) in [5.41, 5.74) is 0.775. The molecule has 4 atom stereocenters. The third kappa shape index (κ3) is 0.753. The Bertz CT molecular complexity index is 533. The van der Waals surface area contributed by atoms with E-state index >= 15 is 0 Å². The summed E-state index contributed by atoms with van der Waals surface area (Å²) >= 11 is 0. The second kappa shape index (κ2) is 2.63. The summed E-state index contributed by atoms with van der Waals surface area (Å²) in [6, 6.07) is 10.1. The Balaban J connectivity index is 1.94. The minimum atomic E-state index is -0.373.